The monoisotopic (exact) mass is 291 g/mol. The Labute approximate surface area is 126 Å². The topological polar surface area (TPSA) is 50.7 Å². The molecule has 0 aromatic heterocycles. The van der Waals surface area contributed by atoms with Crippen molar-refractivity contribution in [2.24, 2.45) is 11.8 Å². The van der Waals surface area contributed by atoms with Gasteiger partial charge in [-0.3, -0.25) is 0 Å². The Balaban J connectivity index is 1.45. The SMILES string of the molecule is CC1CCCC(CCNCc2cc3c(cc2O)OCO3)C1. The van der Waals surface area contributed by atoms with Gasteiger partial charge in [0.25, 0.3) is 0 Å². The maximum absolute atomic E-state index is 9.98. The van der Waals surface area contributed by atoms with Crippen molar-refractivity contribution in [2.75, 3.05) is 13.3 Å². The number of rotatable bonds is 5. The number of hydrogen-bond acceptors (Lipinski definition) is 4. The lowest BCUT2D eigenvalue weighted by molar-refractivity contribution is 0.174. The van der Waals surface area contributed by atoms with Crippen molar-refractivity contribution in [2.45, 2.75) is 45.6 Å². The highest BCUT2D eigenvalue weighted by Gasteiger charge is 2.19. The van der Waals surface area contributed by atoms with E-state index in [1.807, 2.05) is 6.07 Å². The molecule has 1 aromatic carbocycles. The first kappa shape index (κ1) is 14.5. The van der Waals surface area contributed by atoms with Gasteiger partial charge in [-0.1, -0.05) is 26.2 Å². The highest BCUT2D eigenvalue weighted by Crippen LogP contribution is 2.37. The minimum absolute atomic E-state index is 0.242. The Hall–Kier alpha value is -1.42. The molecule has 1 aromatic rings. The molecule has 0 spiro atoms. The van der Waals surface area contributed by atoms with Crippen LogP contribution in [-0.4, -0.2) is 18.4 Å². The van der Waals surface area contributed by atoms with E-state index in [0.717, 1.165) is 29.7 Å². The first-order chi connectivity index (χ1) is 10.2. The van der Waals surface area contributed by atoms with Gasteiger partial charge in [0, 0.05) is 18.2 Å². The standard InChI is InChI=1S/C17H25NO3/c1-12-3-2-4-13(7-12)5-6-18-10-14-8-16-17(9-15(14)19)21-11-20-16/h8-9,12-13,18-19H,2-7,10-11H2,1H3. The summed E-state index contributed by atoms with van der Waals surface area (Å²) in [6, 6.07) is 3.51. The van der Waals surface area contributed by atoms with Crippen molar-refractivity contribution >= 4 is 0 Å². The van der Waals surface area contributed by atoms with Crippen LogP contribution in [0.5, 0.6) is 17.2 Å². The second kappa shape index (κ2) is 6.56. The van der Waals surface area contributed by atoms with Crippen LogP contribution in [0.4, 0.5) is 0 Å². The van der Waals surface area contributed by atoms with E-state index < -0.39 is 0 Å². The molecule has 0 saturated heterocycles. The average molecular weight is 291 g/mol. The zero-order chi connectivity index (χ0) is 14.7. The second-order valence-corrected chi connectivity index (χ2v) is 6.44. The molecular weight excluding hydrogens is 266 g/mol. The maximum Gasteiger partial charge on any atom is 0.231 e. The molecule has 0 amide bonds. The molecule has 0 radical (unpaired) electrons. The molecule has 2 atom stereocenters. The second-order valence-electron chi connectivity index (χ2n) is 6.44. The van der Waals surface area contributed by atoms with Gasteiger partial charge in [-0.05, 0) is 37.3 Å². The van der Waals surface area contributed by atoms with Crippen LogP contribution in [0.1, 0.15) is 44.6 Å². The molecule has 116 valence electrons. The molecule has 1 saturated carbocycles. The molecule has 2 unspecified atom stereocenters. The molecule has 21 heavy (non-hydrogen) atoms. The van der Waals surface area contributed by atoms with Crippen molar-refractivity contribution in [1.29, 1.82) is 0 Å². The van der Waals surface area contributed by atoms with E-state index in [9.17, 15) is 5.11 Å². The third kappa shape index (κ3) is 3.62. The fourth-order valence-corrected chi connectivity index (χ4v) is 3.47. The van der Waals surface area contributed by atoms with Gasteiger partial charge in [-0.15, -0.1) is 0 Å². The van der Waals surface area contributed by atoms with E-state index in [1.54, 1.807) is 6.07 Å². The maximum atomic E-state index is 9.98. The Morgan fingerprint density at radius 2 is 2.05 bits per heavy atom. The van der Waals surface area contributed by atoms with Crippen molar-refractivity contribution in [3.05, 3.63) is 17.7 Å². The highest BCUT2D eigenvalue weighted by molar-refractivity contribution is 5.51. The van der Waals surface area contributed by atoms with Crippen molar-refractivity contribution in [1.82, 2.24) is 5.32 Å². The predicted molar refractivity (Wildman–Crippen MR) is 81.7 cm³/mol. The fraction of sp³-hybridized carbons (Fsp3) is 0.647. The van der Waals surface area contributed by atoms with Gasteiger partial charge in [0.1, 0.15) is 5.75 Å². The molecule has 1 heterocycles. The number of hydrogen-bond donors (Lipinski definition) is 2. The summed E-state index contributed by atoms with van der Waals surface area (Å²) < 4.78 is 10.6. The number of phenols is 1. The zero-order valence-corrected chi connectivity index (χ0v) is 12.7. The van der Waals surface area contributed by atoms with Crippen LogP contribution in [-0.2, 0) is 6.54 Å². The number of phenolic OH excluding ortho intramolecular Hbond substituents is 1. The number of nitrogens with one attached hydrogen (secondary N) is 1. The normalized spacial score (nSPS) is 24.2. The van der Waals surface area contributed by atoms with Gasteiger partial charge >= 0.3 is 0 Å². The van der Waals surface area contributed by atoms with Gasteiger partial charge in [0.2, 0.25) is 6.79 Å². The average Bonchev–Trinajstić information content (AvgIpc) is 2.90. The largest absolute Gasteiger partial charge is 0.507 e. The van der Waals surface area contributed by atoms with Crippen LogP contribution in [0.2, 0.25) is 0 Å². The van der Waals surface area contributed by atoms with E-state index in [4.69, 9.17) is 9.47 Å². The molecule has 1 aliphatic carbocycles. The van der Waals surface area contributed by atoms with Crippen LogP contribution >= 0.6 is 0 Å². The van der Waals surface area contributed by atoms with Gasteiger partial charge in [0.05, 0.1) is 0 Å². The Bertz CT molecular complexity index is 489. The number of ether oxygens (including phenoxy) is 2. The summed E-state index contributed by atoms with van der Waals surface area (Å²) in [5.74, 6) is 3.39. The van der Waals surface area contributed by atoms with Crippen molar-refractivity contribution in [3.8, 4) is 17.2 Å². The Morgan fingerprint density at radius 3 is 2.86 bits per heavy atom. The number of fused-ring (bicyclic) bond motifs is 1. The summed E-state index contributed by atoms with van der Waals surface area (Å²) in [4.78, 5) is 0. The van der Waals surface area contributed by atoms with Crippen LogP contribution in [0, 0.1) is 11.8 Å². The minimum Gasteiger partial charge on any atom is -0.507 e. The Kier molecular flexibility index (Phi) is 4.54. The summed E-state index contributed by atoms with van der Waals surface area (Å²) in [6.07, 6.45) is 6.76. The van der Waals surface area contributed by atoms with Crippen LogP contribution in [0.15, 0.2) is 12.1 Å². The van der Waals surface area contributed by atoms with Crippen molar-refractivity contribution in [3.63, 3.8) is 0 Å². The predicted octanol–water partition coefficient (Wildman–Crippen LogP) is 3.43. The van der Waals surface area contributed by atoms with E-state index in [1.165, 1.54) is 32.1 Å². The third-order valence-corrected chi connectivity index (χ3v) is 4.66. The molecular formula is C17H25NO3. The third-order valence-electron chi connectivity index (χ3n) is 4.66. The molecule has 4 nitrogen and oxygen atoms in total. The summed E-state index contributed by atoms with van der Waals surface area (Å²) >= 11 is 0. The number of benzene rings is 1. The smallest absolute Gasteiger partial charge is 0.231 e. The lowest BCUT2D eigenvalue weighted by atomic mass is 9.81. The van der Waals surface area contributed by atoms with Crippen LogP contribution in [0.25, 0.3) is 0 Å². The van der Waals surface area contributed by atoms with Gasteiger partial charge < -0.3 is 19.9 Å². The van der Waals surface area contributed by atoms with E-state index >= 15 is 0 Å². The van der Waals surface area contributed by atoms with E-state index in [0.29, 0.717) is 12.3 Å². The first-order valence-corrected chi connectivity index (χ1v) is 8.04. The number of aromatic hydroxyl groups is 1. The van der Waals surface area contributed by atoms with Crippen LogP contribution in [0.3, 0.4) is 0 Å². The summed E-state index contributed by atoms with van der Waals surface area (Å²) in [6.45, 7) is 4.28. The quantitative estimate of drug-likeness (QED) is 0.816. The molecule has 1 aliphatic heterocycles. The van der Waals surface area contributed by atoms with Gasteiger partial charge in [-0.25, -0.2) is 0 Å². The van der Waals surface area contributed by atoms with E-state index in [-0.39, 0.29) is 12.5 Å². The lowest BCUT2D eigenvalue weighted by Gasteiger charge is -2.26. The van der Waals surface area contributed by atoms with Gasteiger partial charge in [0.15, 0.2) is 11.5 Å². The lowest BCUT2D eigenvalue weighted by Crippen LogP contribution is -2.21. The molecule has 2 aliphatic rings. The molecule has 2 N–H and O–H groups in total. The molecule has 4 heteroatoms. The Morgan fingerprint density at radius 1 is 1.24 bits per heavy atom. The summed E-state index contributed by atoms with van der Waals surface area (Å²) in [5.41, 5.74) is 0.872. The summed E-state index contributed by atoms with van der Waals surface area (Å²) in [7, 11) is 0. The molecule has 3 rings (SSSR count). The first-order valence-electron chi connectivity index (χ1n) is 8.04. The summed E-state index contributed by atoms with van der Waals surface area (Å²) in [5, 5.41) is 13.4. The van der Waals surface area contributed by atoms with E-state index in [2.05, 4.69) is 12.2 Å². The van der Waals surface area contributed by atoms with Crippen molar-refractivity contribution < 1.29 is 14.6 Å². The zero-order valence-electron chi connectivity index (χ0n) is 12.7. The highest BCUT2D eigenvalue weighted by atomic mass is 16.7. The van der Waals surface area contributed by atoms with Gasteiger partial charge in [-0.2, -0.15) is 0 Å². The van der Waals surface area contributed by atoms with Crippen LogP contribution < -0.4 is 14.8 Å². The molecule has 0 bridgehead atoms. The fourth-order valence-electron chi connectivity index (χ4n) is 3.47. The minimum atomic E-state index is 0.242. The molecule has 1 fully saturated rings.